The minimum Gasteiger partial charge on any atom is -0.478 e. The van der Waals surface area contributed by atoms with Crippen molar-refractivity contribution < 1.29 is 9.47 Å². The second kappa shape index (κ2) is 4.09. The zero-order valence-corrected chi connectivity index (χ0v) is 7.56. The molecule has 13 heavy (non-hydrogen) atoms. The van der Waals surface area contributed by atoms with Gasteiger partial charge in [0.2, 0.25) is 0 Å². The molecule has 1 aliphatic heterocycles. The van der Waals surface area contributed by atoms with E-state index in [-0.39, 0.29) is 6.04 Å². The molecule has 2 aliphatic rings. The molecule has 3 heteroatoms. The zero-order chi connectivity index (χ0) is 9.10. The van der Waals surface area contributed by atoms with Gasteiger partial charge in [-0.1, -0.05) is 0 Å². The highest BCUT2D eigenvalue weighted by Crippen LogP contribution is 2.27. The molecule has 69 valence electrons. The van der Waals surface area contributed by atoms with Gasteiger partial charge in [-0.25, -0.2) is 4.99 Å². The van der Waals surface area contributed by atoms with Gasteiger partial charge in [0.05, 0.1) is 12.5 Å². The molecule has 0 N–H and O–H groups in total. The third kappa shape index (κ3) is 2.02. The van der Waals surface area contributed by atoms with Gasteiger partial charge in [0.25, 0.3) is 0 Å². The largest absolute Gasteiger partial charge is 0.478 e. The molecule has 0 spiro atoms. The number of ether oxygens (including phenoxy) is 2. The Morgan fingerprint density at radius 1 is 1.54 bits per heavy atom. The Labute approximate surface area is 79.1 Å². The molecule has 1 saturated carbocycles. The smallest absolute Gasteiger partial charge is 0.191 e. The van der Waals surface area contributed by atoms with Crippen molar-refractivity contribution in [1.82, 2.24) is 0 Å². The van der Waals surface area contributed by atoms with Crippen molar-refractivity contribution in [1.29, 1.82) is 0 Å². The quantitative estimate of drug-likeness (QED) is 0.641. The molecule has 0 saturated heterocycles. The van der Waals surface area contributed by atoms with Crippen LogP contribution in [-0.2, 0) is 9.47 Å². The Kier molecular flexibility index (Phi) is 2.83. The summed E-state index contributed by atoms with van der Waals surface area (Å²) in [5.41, 5.74) is 0. The van der Waals surface area contributed by atoms with Gasteiger partial charge >= 0.3 is 0 Å². The fourth-order valence-corrected chi connectivity index (χ4v) is 1.37. The van der Waals surface area contributed by atoms with Crippen LogP contribution < -0.4 is 0 Å². The SMILES string of the molecule is COC[C@H]1COC([C]2[CH][CH][CH][CH]2)=N1. The molecule has 0 aromatic heterocycles. The molecule has 1 atom stereocenters. The molecule has 1 fully saturated rings. The highest BCUT2D eigenvalue weighted by molar-refractivity contribution is 5.96. The van der Waals surface area contributed by atoms with Crippen LogP contribution >= 0.6 is 0 Å². The lowest BCUT2D eigenvalue weighted by Crippen LogP contribution is -2.13. The van der Waals surface area contributed by atoms with Gasteiger partial charge in [-0.2, -0.15) is 0 Å². The summed E-state index contributed by atoms with van der Waals surface area (Å²) in [5, 5.41) is 0. The normalized spacial score (nSPS) is 29.0. The Balaban J connectivity index is 1.89. The van der Waals surface area contributed by atoms with Crippen molar-refractivity contribution >= 4 is 5.90 Å². The molecule has 3 nitrogen and oxygen atoms in total. The second-order valence-corrected chi connectivity index (χ2v) is 3.03. The lowest BCUT2D eigenvalue weighted by Gasteiger charge is -2.05. The van der Waals surface area contributed by atoms with Crippen molar-refractivity contribution in [3.8, 4) is 0 Å². The summed E-state index contributed by atoms with van der Waals surface area (Å²) in [7, 11) is 1.68. The number of rotatable bonds is 3. The molecule has 2 rings (SSSR count). The summed E-state index contributed by atoms with van der Waals surface area (Å²) in [5.74, 6) is 1.80. The van der Waals surface area contributed by atoms with Crippen LogP contribution in [0.15, 0.2) is 4.99 Å². The third-order valence-electron chi connectivity index (χ3n) is 1.98. The Hall–Kier alpha value is -0.570. The van der Waals surface area contributed by atoms with Crippen molar-refractivity contribution in [3.63, 3.8) is 0 Å². The Morgan fingerprint density at radius 2 is 2.31 bits per heavy atom. The van der Waals surface area contributed by atoms with Gasteiger partial charge < -0.3 is 9.47 Å². The minimum atomic E-state index is 0.162. The van der Waals surface area contributed by atoms with E-state index >= 15 is 0 Å². The lowest BCUT2D eigenvalue weighted by atomic mass is 10.1. The van der Waals surface area contributed by atoms with Gasteiger partial charge in [0.1, 0.15) is 12.6 Å². The van der Waals surface area contributed by atoms with Gasteiger partial charge in [-0.3, -0.25) is 0 Å². The summed E-state index contributed by atoms with van der Waals surface area (Å²) in [6.07, 6.45) is 7.94. The van der Waals surface area contributed by atoms with E-state index in [2.05, 4.69) is 4.99 Å². The first-order valence-corrected chi connectivity index (χ1v) is 4.32. The van der Waals surface area contributed by atoms with Crippen LogP contribution in [-0.4, -0.2) is 32.3 Å². The Bertz CT molecular complexity index is 197. The van der Waals surface area contributed by atoms with Gasteiger partial charge in [-0.15, -0.1) is 0 Å². The van der Waals surface area contributed by atoms with E-state index in [0.717, 1.165) is 11.8 Å². The predicted octanol–water partition coefficient (Wildman–Crippen LogP) is 0.835. The maximum Gasteiger partial charge on any atom is 0.191 e. The fourth-order valence-electron chi connectivity index (χ4n) is 1.37. The zero-order valence-electron chi connectivity index (χ0n) is 7.56. The lowest BCUT2D eigenvalue weighted by molar-refractivity contribution is 0.164. The molecular weight excluding hydrogens is 166 g/mol. The minimum absolute atomic E-state index is 0.162. The monoisotopic (exact) mass is 178 g/mol. The number of hydrogen-bond donors (Lipinski definition) is 0. The topological polar surface area (TPSA) is 30.8 Å². The van der Waals surface area contributed by atoms with Crippen LogP contribution in [0, 0.1) is 31.6 Å². The van der Waals surface area contributed by atoms with Crippen molar-refractivity contribution in [2.45, 2.75) is 6.04 Å². The van der Waals surface area contributed by atoms with Gasteiger partial charge in [-0.05, 0) is 25.7 Å². The van der Waals surface area contributed by atoms with Gasteiger partial charge in [0, 0.05) is 7.11 Å². The van der Waals surface area contributed by atoms with Crippen LogP contribution in [0.25, 0.3) is 0 Å². The Morgan fingerprint density at radius 3 is 3.00 bits per heavy atom. The average Bonchev–Trinajstić information content (AvgIpc) is 2.70. The van der Waals surface area contributed by atoms with Gasteiger partial charge in [0.15, 0.2) is 5.90 Å². The summed E-state index contributed by atoms with van der Waals surface area (Å²) in [6.45, 7) is 1.26. The second-order valence-electron chi connectivity index (χ2n) is 3.03. The first kappa shape index (κ1) is 9.00. The first-order valence-electron chi connectivity index (χ1n) is 4.32. The van der Waals surface area contributed by atoms with Crippen LogP contribution in [0.1, 0.15) is 0 Å². The molecule has 5 radical (unpaired) electrons. The van der Waals surface area contributed by atoms with Crippen molar-refractivity contribution in [2.24, 2.45) is 4.99 Å². The van der Waals surface area contributed by atoms with Crippen LogP contribution in [0.3, 0.4) is 0 Å². The van der Waals surface area contributed by atoms with E-state index in [9.17, 15) is 0 Å². The van der Waals surface area contributed by atoms with Crippen molar-refractivity contribution in [3.05, 3.63) is 31.6 Å². The van der Waals surface area contributed by atoms with E-state index in [1.165, 1.54) is 0 Å². The fraction of sp³-hybridized carbons (Fsp3) is 0.400. The number of methoxy groups -OCH3 is 1. The third-order valence-corrected chi connectivity index (χ3v) is 1.98. The molecule has 0 aromatic carbocycles. The van der Waals surface area contributed by atoms with E-state index in [1.807, 2.05) is 25.7 Å². The molecule has 1 aliphatic carbocycles. The maximum atomic E-state index is 5.43. The molecule has 0 amide bonds. The molecular formula is C10H12NO2. The number of aliphatic imine (C=N–C) groups is 1. The highest BCUT2D eigenvalue weighted by Gasteiger charge is 2.29. The average molecular weight is 178 g/mol. The van der Waals surface area contributed by atoms with E-state index in [4.69, 9.17) is 9.47 Å². The standard InChI is InChI=1S/C10H12NO2/c1-12-6-9-7-13-10(11-9)8-4-2-3-5-8/h2-5,9H,6-7H2,1H3/t9-/m0/s1. The summed E-state index contributed by atoms with van der Waals surface area (Å²) in [6, 6.07) is 0.162. The van der Waals surface area contributed by atoms with Crippen LogP contribution in [0.5, 0.6) is 0 Å². The molecule has 0 unspecified atom stereocenters. The van der Waals surface area contributed by atoms with Crippen LogP contribution in [0.4, 0.5) is 0 Å². The van der Waals surface area contributed by atoms with Crippen LogP contribution in [0.2, 0.25) is 0 Å². The van der Waals surface area contributed by atoms with Crippen molar-refractivity contribution in [2.75, 3.05) is 20.3 Å². The number of nitrogens with zero attached hydrogens (tertiary/aromatic N) is 1. The molecule has 0 aromatic rings. The van der Waals surface area contributed by atoms with E-state index < -0.39 is 0 Å². The summed E-state index contributed by atoms with van der Waals surface area (Å²) in [4.78, 5) is 4.39. The predicted molar refractivity (Wildman–Crippen MR) is 49.5 cm³/mol. The highest BCUT2D eigenvalue weighted by atomic mass is 16.5. The van der Waals surface area contributed by atoms with E-state index in [1.54, 1.807) is 7.11 Å². The first-order chi connectivity index (χ1) is 6.40. The van der Waals surface area contributed by atoms with E-state index in [0.29, 0.717) is 13.2 Å². The maximum absolute atomic E-state index is 5.43. The summed E-state index contributed by atoms with van der Waals surface area (Å²) < 4.78 is 10.4. The molecule has 0 bridgehead atoms. The number of hydrogen-bond acceptors (Lipinski definition) is 3. The molecule has 1 heterocycles. The summed E-state index contributed by atoms with van der Waals surface area (Å²) >= 11 is 0.